The predicted octanol–water partition coefficient (Wildman–Crippen LogP) is 3.48. The minimum absolute atomic E-state index is 0.121. The highest BCUT2D eigenvalue weighted by atomic mass is 16.3. The fraction of sp³-hybridized carbons (Fsp3) is 0.0556. The molecule has 3 aromatic rings. The molecule has 1 amide bonds. The summed E-state index contributed by atoms with van der Waals surface area (Å²) in [4.78, 5) is 12.2. The van der Waals surface area contributed by atoms with Gasteiger partial charge in [-0.25, -0.2) is 0 Å². The number of carbonyl (C=O) groups excluding carboxylic acids is 1. The van der Waals surface area contributed by atoms with Crippen molar-refractivity contribution in [1.82, 2.24) is 5.32 Å². The zero-order valence-electron chi connectivity index (χ0n) is 11.4. The number of carbonyl (C=O) groups is 1. The Kier molecular flexibility index (Phi) is 3.56. The van der Waals surface area contributed by atoms with Crippen LogP contribution in [0.25, 0.3) is 10.8 Å². The number of rotatable bonds is 3. The summed E-state index contributed by atoms with van der Waals surface area (Å²) in [6, 6.07) is 20.4. The van der Waals surface area contributed by atoms with Crippen LogP contribution in [-0.2, 0) is 6.54 Å². The number of benzene rings is 3. The van der Waals surface area contributed by atoms with Crippen molar-refractivity contribution in [2.24, 2.45) is 0 Å². The van der Waals surface area contributed by atoms with Crippen LogP contribution in [0.2, 0.25) is 0 Å². The quantitative estimate of drug-likeness (QED) is 0.770. The van der Waals surface area contributed by atoms with E-state index in [4.69, 9.17) is 0 Å². The lowest BCUT2D eigenvalue weighted by Crippen LogP contribution is -2.22. The maximum atomic E-state index is 12.2. The zero-order chi connectivity index (χ0) is 14.7. The normalized spacial score (nSPS) is 10.5. The van der Waals surface area contributed by atoms with Crippen molar-refractivity contribution in [2.75, 3.05) is 0 Å². The molecule has 0 saturated carbocycles. The smallest absolute Gasteiger partial charge is 0.251 e. The number of amides is 1. The van der Waals surface area contributed by atoms with Gasteiger partial charge in [-0.3, -0.25) is 4.79 Å². The van der Waals surface area contributed by atoms with Gasteiger partial charge in [-0.15, -0.1) is 0 Å². The first-order chi connectivity index (χ1) is 10.2. The van der Waals surface area contributed by atoms with Gasteiger partial charge >= 0.3 is 0 Å². The number of hydrogen-bond acceptors (Lipinski definition) is 2. The number of aromatic hydroxyl groups is 1. The van der Waals surface area contributed by atoms with E-state index < -0.39 is 0 Å². The number of hydrogen-bond donors (Lipinski definition) is 2. The molecule has 0 fully saturated rings. The van der Waals surface area contributed by atoms with Crippen LogP contribution in [0, 0.1) is 0 Å². The van der Waals surface area contributed by atoms with Gasteiger partial charge in [0.2, 0.25) is 0 Å². The molecule has 3 nitrogen and oxygen atoms in total. The Balaban J connectivity index is 1.74. The van der Waals surface area contributed by atoms with Gasteiger partial charge < -0.3 is 10.4 Å². The summed E-state index contributed by atoms with van der Waals surface area (Å²) in [5, 5.41) is 14.4. The number of fused-ring (bicyclic) bond motifs is 1. The SMILES string of the molecule is O=C(NCc1cccc(O)c1)c1ccc2ccccc2c1. The third-order valence-corrected chi connectivity index (χ3v) is 3.38. The van der Waals surface area contributed by atoms with E-state index in [2.05, 4.69) is 5.32 Å². The summed E-state index contributed by atoms with van der Waals surface area (Å²) in [6.45, 7) is 0.389. The monoisotopic (exact) mass is 277 g/mol. The van der Waals surface area contributed by atoms with Crippen molar-refractivity contribution in [3.8, 4) is 5.75 Å². The average Bonchev–Trinajstić information content (AvgIpc) is 2.52. The summed E-state index contributed by atoms with van der Waals surface area (Å²) in [7, 11) is 0. The predicted molar refractivity (Wildman–Crippen MR) is 83.2 cm³/mol. The van der Waals surface area contributed by atoms with Gasteiger partial charge in [-0.05, 0) is 40.6 Å². The fourth-order valence-electron chi connectivity index (χ4n) is 2.28. The first-order valence-corrected chi connectivity index (χ1v) is 6.77. The molecule has 2 N–H and O–H groups in total. The molecule has 3 aromatic carbocycles. The van der Waals surface area contributed by atoms with Crippen LogP contribution in [0.1, 0.15) is 15.9 Å². The Hall–Kier alpha value is -2.81. The van der Waals surface area contributed by atoms with Crippen LogP contribution in [0.5, 0.6) is 5.75 Å². The number of phenolic OH excluding ortho intramolecular Hbond substituents is 1. The molecule has 3 rings (SSSR count). The van der Waals surface area contributed by atoms with Crippen LogP contribution in [0.4, 0.5) is 0 Å². The van der Waals surface area contributed by atoms with Crippen molar-refractivity contribution >= 4 is 16.7 Å². The third kappa shape index (κ3) is 3.03. The van der Waals surface area contributed by atoms with Crippen LogP contribution in [0.15, 0.2) is 66.7 Å². The maximum Gasteiger partial charge on any atom is 0.251 e. The largest absolute Gasteiger partial charge is 0.508 e. The number of nitrogens with one attached hydrogen (secondary N) is 1. The second kappa shape index (κ2) is 5.67. The lowest BCUT2D eigenvalue weighted by molar-refractivity contribution is 0.0951. The minimum atomic E-state index is -0.121. The van der Waals surface area contributed by atoms with Crippen LogP contribution < -0.4 is 5.32 Å². The highest BCUT2D eigenvalue weighted by Gasteiger charge is 2.06. The Morgan fingerprint density at radius 2 is 1.71 bits per heavy atom. The molecule has 0 aromatic heterocycles. The lowest BCUT2D eigenvalue weighted by Gasteiger charge is -2.07. The van der Waals surface area contributed by atoms with Crippen molar-refractivity contribution < 1.29 is 9.90 Å². The van der Waals surface area contributed by atoms with Gasteiger partial charge in [0.15, 0.2) is 0 Å². The van der Waals surface area contributed by atoms with Crippen molar-refractivity contribution in [1.29, 1.82) is 0 Å². The van der Waals surface area contributed by atoms with Crippen molar-refractivity contribution in [2.45, 2.75) is 6.54 Å². The van der Waals surface area contributed by atoms with E-state index in [9.17, 15) is 9.90 Å². The molecule has 0 atom stereocenters. The van der Waals surface area contributed by atoms with Gasteiger partial charge in [0.05, 0.1) is 0 Å². The van der Waals surface area contributed by atoms with Gasteiger partial charge in [0.25, 0.3) is 5.91 Å². The minimum Gasteiger partial charge on any atom is -0.508 e. The zero-order valence-corrected chi connectivity index (χ0v) is 11.4. The van der Waals surface area contributed by atoms with Crippen molar-refractivity contribution in [3.05, 3.63) is 77.9 Å². The molecule has 0 unspecified atom stereocenters. The Morgan fingerprint density at radius 1 is 0.905 bits per heavy atom. The first kappa shape index (κ1) is 13.2. The first-order valence-electron chi connectivity index (χ1n) is 6.77. The average molecular weight is 277 g/mol. The molecule has 0 heterocycles. The third-order valence-electron chi connectivity index (χ3n) is 3.38. The van der Waals surface area contributed by atoms with E-state index in [1.165, 1.54) is 0 Å². The summed E-state index contributed by atoms with van der Waals surface area (Å²) < 4.78 is 0. The summed E-state index contributed by atoms with van der Waals surface area (Å²) in [5.41, 5.74) is 1.50. The van der Waals surface area contributed by atoms with E-state index in [-0.39, 0.29) is 11.7 Å². The summed E-state index contributed by atoms with van der Waals surface area (Å²) >= 11 is 0. The Morgan fingerprint density at radius 3 is 2.52 bits per heavy atom. The van der Waals surface area contributed by atoms with Crippen molar-refractivity contribution in [3.63, 3.8) is 0 Å². The van der Waals surface area contributed by atoms with E-state index in [1.54, 1.807) is 18.2 Å². The highest BCUT2D eigenvalue weighted by Crippen LogP contribution is 2.16. The van der Waals surface area contributed by atoms with Crippen LogP contribution >= 0.6 is 0 Å². The second-order valence-corrected chi connectivity index (χ2v) is 4.91. The van der Waals surface area contributed by atoms with Gasteiger partial charge in [-0.2, -0.15) is 0 Å². The highest BCUT2D eigenvalue weighted by molar-refractivity contribution is 5.98. The number of phenols is 1. The maximum absolute atomic E-state index is 12.2. The van der Waals surface area contributed by atoms with E-state index in [0.717, 1.165) is 16.3 Å². The molecular formula is C18H15NO2. The topological polar surface area (TPSA) is 49.3 Å². The van der Waals surface area contributed by atoms with Crippen LogP contribution in [-0.4, -0.2) is 11.0 Å². The second-order valence-electron chi connectivity index (χ2n) is 4.91. The molecule has 0 aliphatic rings. The Bertz CT molecular complexity index is 796. The molecule has 0 aliphatic carbocycles. The summed E-state index contributed by atoms with van der Waals surface area (Å²) in [6.07, 6.45) is 0. The molecule has 0 bridgehead atoms. The van der Waals surface area contributed by atoms with E-state index >= 15 is 0 Å². The fourth-order valence-corrected chi connectivity index (χ4v) is 2.28. The molecule has 104 valence electrons. The van der Waals surface area contributed by atoms with Gasteiger partial charge in [0.1, 0.15) is 5.75 Å². The van der Waals surface area contributed by atoms with E-state index in [0.29, 0.717) is 12.1 Å². The van der Waals surface area contributed by atoms with Gasteiger partial charge in [0, 0.05) is 12.1 Å². The molecular weight excluding hydrogens is 262 g/mol. The molecule has 0 spiro atoms. The molecule has 21 heavy (non-hydrogen) atoms. The van der Waals surface area contributed by atoms with Crippen LogP contribution in [0.3, 0.4) is 0 Å². The molecule has 0 radical (unpaired) electrons. The lowest BCUT2D eigenvalue weighted by atomic mass is 10.1. The standard InChI is InChI=1S/C18H15NO2/c20-17-7-3-4-13(10-17)12-19-18(21)16-9-8-14-5-1-2-6-15(14)11-16/h1-11,20H,12H2,(H,19,21). The van der Waals surface area contributed by atoms with E-state index in [1.807, 2.05) is 48.5 Å². The van der Waals surface area contributed by atoms with Gasteiger partial charge in [-0.1, -0.05) is 42.5 Å². The molecule has 0 saturated heterocycles. The summed E-state index contributed by atoms with van der Waals surface area (Å²) in [5.74, 6) is 0.0801. The Labute approximate surface area is 122 Å². The molecule has 0 aliphatic heterocycles. The molecule has 3 heteroatoms.